The number of hydrogen-bond acceptors (Lipinski definition) is 1. The molecule has 0 heterocycles. The lowest BCUT2D eigenvalue weighted by Crippen LogP contribution is -2.35. The number of rotatable bonds is 4. The highest BCUT2D eigenvalue weighted by Gasteiger charge is 2.25. The van der Waals surface area contributed by atoms with Gasteiger partial charge in [-0.1, -0.05) is 25.0 Å². The second kappa shape index (κ2) is 6.90. The van der Waals surface area contributed by atoms with Gasteiger partial charge < -0.3 is 5.32 Å². The number of nitrogens with one attached hydrogen (secondary N) is 1. The van der Waals surface area contributed by atoms with Crippen LogP contribution in [0.4, 0.5) is 4.39 Å². The molecule has 0 aromatic heterocycles. The summed E-state index contributed by atoms with van der Waals surface area (Å²) >= 11 is 5.96. The van der Waals surface area contributed by atoms with Gasteiger partial charge in [0.25, 0.3) is 5.91 Å². The van der Waals surface area contributed by atoms with Crippen LogP contribution in [-0.2, 0) is 0 Å². The first-order valence-corrected chi connectivity index (χ1v) is 7.34. The Labute approximate surface area is 118 Å². The van der Waals surface area contributed by atoms with Gasteiger partial charge in [0.1, 0.15) is 5.82 Å². The third-order valence-corrected chi connectivity index (χ3v) is 4.30. The Morgan fingerprint density at radius 2 is 1.95 bits per heavy atom. The van der Waals surface area contributed by atoms with Crippen molar-refractivity contribution >= 4 is 17.5 Å². The minimum atomic E-state index is -0.475. The molecule has 1 amide bonds. The third kappa shape index (κ3) is 3.69. The van der Waals surface area contributed by atoms with Gasteiger partial charge in [0, 0.05) is 12.4 Å². The molecule has 1 aliphatic carbocycles. The van der Waals surface area contributed by atoms with Gasteiger partial charge in [0.15, 0.2) is 0 Å². The van der Waals surface area contributed by atoms with Gasteiger partial charge in [-0.25, -0.2) is 4.39 Å². The van der Waals surface area contributed by atoms with Gasteiger partial charge in [-0.3, -0.25) is 4.79 Å². The minimum Gasteiger partial charge on any atom is -0.352 e. The molecule has 0 radical (unpaired) electrons. The van der Waals surface area contributed by atoms with Crippen molar-refractivity contribution in [2.24, 2.45) is 11.8 Å². The molecule has 0 bridgehead atoms. The predicted molar refractivity (Wildman–Crippen MR) is 74.9 cm³/mol. The standard InChI is InChI=1S/C15H19ClFNO/c16-9-11-5-1-2-6-12(11)10-18-15(19)13-7-3-4-8-14(13)17/h3-4,7-8,11-12H,1-2,5-6,9-10H2,(H,18,19). The molecular formula is C15H19ClFNO. The molecule has 1 saturated carbocycles. The predicted octanol–water partition coefficient (Wildman–Crippen LogP) is 3.60. The van der Waals surface area contributed by atoms with Crippen molar-refractivity contribution in [3.63, 3.8) is 0 Å². The molecule has 2 atom stereocenters. The summed E-state index contributed by atoms with van der Waals surface area (Å²) in [6.45, 7) is 0.588. The van der Waals surface area contributed by atoms with Crippen molar-refractivity contribution in [1.82, 2.24) is 5.32 Å². The number of hydrogen-bond donors (Lipinski definition) is 1. The average Bonchev–Trinajstić information content (AvgIpc) is 2.45. The Kier molecular flexibility index (Phi) is 5.20. The van der Waals surface area contributed by atoms with Crippen LogP contribution in [0.2, 0.25) is 0 Å². The second-order valence-corrected chi connectivity index (χ2v) is 5.46. The number of carbonyl (C=O) groups is 1. The Hall–Kier alpha value is -1.09. The van der Waals surface area contributed by atoms with Crippen molar-refractivity contribution in [2.45, 2.75) is 25.7 Å². The van der Waals surface area contributed by atoms with E-state index in [1.54, 1.807) is 12.1 Å². The maximum atomic E-state index is 13.5. The van der Waals surface area contributed by atoms with Gasteiger partial charge >= 0.3 is 0 Å². The van der Waals surface area contributed by atoms with E-state index < -0.39 is 5.82 Å². The topological polar surface area (TPSA) is 29.1 Å². The monoisotopic (exact) mass is 283 g/mol. The van der Waals surface area contributed by atoms with Gasteiger partial charge in [-0.05, 0) is 36.8 Å². The SMILES string of the molecule is O=C(NCC1CCCCC1CCl)c1ccccc1F. The molecule has 1 aliphatic rings. The molecule has 1 fully saturated rings. The number of halogens is 2. The Morgan fingerprint density at radius 3 is 2.63 bits per heavy atom. The molecular weight excluding hydrogens is 265 g/mol. The summed E-state index contributed by atoms with van der Waals surface area (Å²) in [5.41, 5.74) is 0.112. The fraction of sp³-hybridized carbons (Fsp3) is 0.533. The largest absolute Gasteiger partial charge is 0.352 e. The van der Waals surface area contributed by atoms with Gasteiger partial charge in [-0.2, -0.15) is 0 Å². The Balaban J connectivity index is 1.91. The zero-order valence-electron chi connectivity index (χ0n) is 10.9. The summed E-state index contributed by atoms with van der Waals surface area (Å²) in [6, 6.07) is 6.05. The first-order chi connectivity index (χ1) is 9.22. The second-order valence-electron chi connectivity index (χ2n) is 5.15. The average molecular weight is 284 g/mol. The molecule has 1 aromatic carbocycles. The zero-order valence-corrected chi connectivity index (χ0v) is 11.6. The third-order valence-electron chi connectivity index (χ3n) is 3.91. The molecule has 1 aromatic rings. The van der Waals surface area contributed by atoms with Crippen LogP contribution in [-0.4, -0.2) is 18.3 Å². The Bertz CT molecular complexity index is 438. The van der Waals surface area contributed by atoms with Gasteiger partial charge in [0.2, 0.25) is 0 Å². The molecule has 104 valence electrons. The number of carbonyl (C=O) groups excluding carboxylic acids is 1. The highest BCUT2D eigenvalue weighted by Crippen LogP contribution is 2.30. The molecule has 0 spiro atoms. The fourth-order valence-electron chi connectivity index (χ4n) is 2.72. The van der Waals surface area contributed by atoms with Crippen LogP contribution < -0.4 is 5.32 Å². The van der Waals surface area contributed by atoms with Crippen molar-refractivity contribution in [2.75, 3.05) is 12.4 Å². The smallest absolute Gasteiger partial charge is 0.254 e. The van der Waals surface area contributed by atoms with Crippen molar-refractivity contribution in [1.29, 1.82) is 0 Å². The Morgan fingerprint density at radius 1 is 1.26 bits per heavy atom. The van der Waals surface area contributed by atoms with Gasteiger partial charge in [-0.15, -0.1) is 11.6 Å². The summed E-state index contributed by atoms with van der Waals surface area (Å²) in [5, 5.41) is 2.84. The summed E-state index contributed by atoms with van der Waals surface area (Å²) in [6.07, 6.45) is 4.63. The first-order valence-electron chi connectivity index (χ1n) is 6.81. The summed E-state index contributed by atoms with van der Waals surface area (Å²) in [7, 11) is 0. The van der Waals surface area contributed by atoms with E-state index in [1.165, 1.54) is 25.0 Å². The molecule has 4 heteroatoms. The van der Waals surface area contributed by atoms with E-state index in [4.69, 9.17) is 11.6 Å². The first kappa shape index (κ1) is 14.3. The molecule has 0 aliphatic heterocycles. The molecule has 19 heavy (non-hydrogen) atoms. The van der Waals surface area contributed by atoms with E-state index in [0.717, 1.165) is 12.8 Å². The van der Waals surface area contributed by atoms with Gasteiger partial charge in [0.05, 0.1) is 5.56 Å². The highest BCUT2D eigenvalue weighted by molar-refractivity contribution is 6.18. The van der Waals surface area contributed by atoms with E-state index in [-0.39, 0.29) is 11.5 Å². The van der Waals surface area contributed by atoms with Crippen LogP contribution in [0, 0.1) is 17.7 Å². The molecule has 1 N–H and O–H groups in total. The van der Waals surface area contributed by atoms with Crippen molar-refractivity contribution < 1.29 is 9.18 Å². The van der Waals surface area contributed by atoms with Crippen molar-refractivity contribution in [3.05, 3.63) is 35.6 Å². The van der Waals surface area contributed by atoms with Crippen LogP contribution in [0.5, 0.6) is 0 Å². The quantitative estimate of drug-likeness (QED) is 0.841. The van der Waals surface area contributed by atoms with Crippen LogP contribution in [0.25, 0.3) is 0 Å². The zero-order chi connectivity index (χ0) is 13.7. The summed E-state index contributed by atoms with van der Waals surface area (Å²) in [5.74, 6) is 0.716. The number of amides is 1. The number of benzene rings is 1. The summed E-state index contributed by atoms with van der Waals surface area (Å²) < 4.78 is 13.5. The van der Waals surface area contributed by atoms with E-state index in [1.807, 2.05) is 0 Å². The normalized spacial score (nSPS) is 23.1. The minimum absolute atomic E-state index is 0.112. The van der Waals surface area contributed by atoms with E-state index >= 15 is 0 Å². The molecule has 2 unspecified atom stereocenters. The maximum Gasteiger partial charge on any atom is 0.254 e. The van der Waals surface area contributed by atoms with Crippen molar-refractivity contribution in [3.8, 4) is 0 Å². The van der Waals surface area contributed by atoms with E-state index in [9.17, 15) is 9.18 Å². The van der Waals surface area contributed by atoms with Crippen LogP contribution >= 0.6 is 11.6 Å². The highest BCUT2D eigenvalue weighted by atomic mass is 35.5. The lowest BCUT2D eigenvalue weighted by molar-refractivity contribution is 0.0932. The number of alkyl halides is 1. The van der Waals surface area contributed by atoms with E-state index in [2.05, 4.69) is 5.32 Å². The van der Waals surface area contributed by atoms with Crippen LogP contribution in [0.3, 0.4) is 0 Å². The molecule has 2 rings (SSSR count). The van der Waals surface area contributed by atoms with E-state index in [0.29, 0.717) is 24.3 Å². The van der Waals surface area contributed by atoms with Crippen LogP contribution in [0.15, 0.2) is 24.3 Å². The van der Waals surface area contributed by atoms with Crippen LogP contribution in [0.1, 0.15) is 36.0 Å². The molecule has 2 nitrogen and oxygen atoms in total. The maximum absolute atomic E-state index is 13.5. The molecule has 0 saturated heterocycles. The lowest BCUT2D eigenvalue weighted by atomic mass is 9.80. The lowest BCUT2D eigenvalue weighted by Gasteiger charge is -2.30. The fourth-order valence-corrected chi connectivity index (χ4v) is 3.13. The summed E-state index contributed by atoms with van der Waals surface area (Å²) in [4.78, 5) is 11.9.